The van der Waals surface area contributed by atoms with Gasteiger partial charge in [-0.15, -0.1) is 11.6 Å². The average molecular weight is 294 g/mol. The van der Waals surface area contributed by atoms with Gasteiger partial charge in [0.05, 0.1) is 7.11 Å². The summed E-state index contributed by atoms with van der Waals surface area (Å²) in [6.07, 6.45) is 1.37. The minimum atomic E-state index is -0.426. The zero-order chi connectivity index (χ0) is 14.8. The van der Waals surface area contributed by atoms with Crippen LogP contribution in [0.5, 0.6) is 5.75 Å². The highest BCUT2D eigenvalue weighted by Crippen LogP contribution is 2.11. The molecule has 0 heterocycles. The molecule has 1 amide bonds. The maximum absolute atomic E-state index is 11.8. The summed E-state index contributed by atoms with van der Waals surface area (Å²) in [4.78, 5) is 11.8. The number of methoxy groups -OCH3 is 1. The summed E-state index contributed by atoms with van der Waals surface area (Å²) in [7, 11) is 1.59. The van der Waals surface area contributed by atoms with Gasteiger partial charge in [0, 0.05) is 25.2 Å². The maximum atomic E-state index is 11.8. The Morgan fingerprint density at radius 2 is 2.15 bits per heavy atom. The Morgan fingerprint density at radius 1 is 1.45 bits per heavy atom. The predicted molar refractivity (Wildman–Crippen MR) is 77.3 cm³/mol. The topological polar surface area (TPSA) is 74.1 Å². The van der Waals surface area contributed by atoms with Crippen molar-refractivity contribution in [1.82, 2.24) is 10.6 Å². The summed E-state index contributed by atoms with van der Waals surface area (Å²) in [6, 6.07) is 9.15. The van der Waals surface area contributed by atoms with E-state index in [1.165, 1.54) is 6.20 Å². The molecule has 2 N–H and O–H groups in total. The van der Waals surface area contributed by atoms with Crippen LogP contribution >= 0.6 is 11.6 Å². The van der Waals surface area contributed by atoms with Crippen molar-refractivity contribution >= 4 is 17.5 Å². The first kappa shape index (κ1) is 15.9. The van der Waals surface area contributed by atoms with E-state index in [4.69, 9.17) is 21.6 Å². The first-order chi connectivity index (χ1) is 9.71. The van der Waals surface area contributed by atoms with Crippen LogP contribution in [0.3, 0.4) is 0 Å². The number of ether oxygens (including phenoxy) is 1. The Bertz CT molecular complexity index is 506. The van der Waals surface area contributed by atoms with Crippen molar-refractivity contribution in [2.45, 2.75) is 6.54 Å². The number of nitrogens with one attached hydrogen (secondary N) is 2. The Morgan fingerprint density at radius 3 is 2.70 bits per heavy atom. The van der Waals surface area contributed by atoms with E-state index in [0.717, 1.165) is 11.3 Å². The minimum absolute atomic E-state index is 0.0172. The molecule has 106 valence electrons. The third-order valence-corrected chi connectivity index (χ3v) is 2.65. The van der Waals surface area contributed by atoms with E-state index in [-0.39, 0.29) is 5.57 Å². The third-order valence-electron chi connectivity index (χ3n) is 2.46. The second kappa shape index (κ2) is 8.83. The van der Waals surface area contributed by atoms with Crippen LogP contribution < -0.4 is 15.4 Å². The zero-order valence-electron chi connectivity index (χ0n) is 11.1. The molecule has 0 atom stereocenters. The number of alkyl halides is 1. The lowest BCUT2D eigenvalue weighted by Crippen LogP contribution is -2.25. The third kappa shape index (κ3) is 5.21. The molecule has 0 aliphatic rings. The molecule has 0 bridgehead atoms. The lowest BCUT2D eigenvalue weighted by molar-refractivity contribution is -0.117. The van der Waals surface area contributed by atoms with E-state index in [2.05, 4.69) is 10.6 Å². The number of halogens is 1. The predicted octanol–water partition coefficient (Wildman–Crippen LogP) is 1.55. The normalized spacial score (nSPS) is 10.6. The molecule has 20 heavy (non-hydrogen) atoms. The average Bonchev–Trinajstić information content (AvgIpc) is 2.50. The molecule has 0 saturated carbocycles. The number of hydrogen-bond acceptors (Lipinski definition) is 4. The van der Waals surface area contributed by atoms with Gasteiger partial charge in [-0.05, 0) is 17.7 Å². The van der Waals surface area contributed by atoms with Gasteiger partial charge in [0.15, 0.2) is 0 Å². The molecule has 0 unspecified atom stereocenters. The molecule has 0 fully saturated rings. The van der Waals surface area contributed by atoms with Crippen LogP contribution in [0.4, 0.5) is 0 Å². The van der Waals surface area contributed by atoms with E-state index in [1.807, 2.05) is 30.3 Å². The molecule has 0 spiro atoms. The van der Waals surface area contributed by atoms with Crippen LogP contribution in [0, 0.1) is 11.3 Å². The van der Waals surface area contributed by atoms with Crippen molar-refractivity contribution < 1.29 is 9.53 Å². The van der Waals surface area contributed by atoms with Crippen molar-refractivity contribution in [3.05, 3.63) is 41.6 Å². The number of benzene rings is 1. The monoisotopic (exact) mass is 293 g/mol. The Kier molecular flexibility index (Phi) is 7.01. The molecule has 5 nitrogen and oxygen atoms in total. The Hall–Kier alpha value is -2.19. The van der Waals surface area contributed by atoms with E-state index < -0.39 is 5.91 Å². The van der Waals surface area contributed by atoms with Gasteiger partial charge < -0.3 is 15.4 Å². The standard InChI is InChI=1S/C14H16ClN3O2/c1-20-13-4-2-11(3-5-13)9-18-14(19)12(8-16)10-17-7-6-15/h2-5,10,17H,6-7,9H2,1H3,(H,18,19)/b12-10-. The molecular formula is C14H16ClN3O2. The van der Waals surface area contributed by atoms with Crippen LogP contribution in [-0.4, -0.2) is 25.4 Å². The van der Waals surface area contributed by atoms with Gasteiger partial charge in [-0.3, -0.25) is 4.79 Å². The summed E-state index contributed by atoms with van der Waals surface area (Å²) in [6.45, 7) is 0.843. The van der Waals surface area contributed by atoms with E-state index in [9.17, 15) is 4.79 Å². The van der Waals surface area contributed by atoms with Crippen molar-refractivity contribution in [1.29, 1.82) is 5.26 Å². The molecular weight excluding hydrogens is 278 g/mol. The fourth-order valence-electron chi connectivity index (χ4n) is 1.40. The van der Waals surface area contributed by atoms with Gasteiger partial charge in [0.2, 0.25) is 0 Å². The SMILES string of the molecule is COc1ccc(CNC(=O)/C(C#N)=C\NCCCl)cc1. The van der Waals surface area contributed by atoms with Crippen LogP contribution in [0.1, 0.15) is 5.56 Å². The number of nitrogens with zero attached hydrogens (tertiary/aromatic N) is 1. The second-order valence-electron chi connectivity index (χ2n) is 3.84. The fourth-order valence-corrected chi connectivity index (χ4v) is 1.51. The van der Waals surface area contributed by atoms with Crippen molar-refractivity contribution in [2.24, 2.45) is 0 Å². The first-order valence-corrected chi connectivity index (χ1v) is 6.55. The molecule has 0 radical (unpaired) electrons. The van der Waals surface area contributed by atoms with Crippen molar-refractivity contribution in [3.8, 4) is 11.8 Å². The summed E-state index contributed by atoms with van der Waals surface area (Å²) in [5.74, 6) is 0.733. The largest absolute Gasteiger partial charge is 0.497 e. The number of carbonyl (C=O) groups excluding carboxylic acids is 1. The zero-order valence-corrected chi connectivity index (χ0v) is 11.9. The van der Waals surface area contributed by atoms with Gasteiger partial charge in [-0.2, -0.15) is 5.26 Å². The highest BCUT2D eigenvalue weighted by atomic mass is 35.5. The number of hydrogen-bond donors (Lipinski definition) is 2. The summed E-state index contributed by atoms with van der Waals surface area (Å²) >= 11 is 5.49. The van der Waals surface area contributed by atoms with Crippen LogP contribution in [0.15, 0.2) is 36.0 Å². The van der Waals surface area contributed by atoms with E-state index >= 15 is 0 Å². The van der Waals surface area contributed by atoms with Crippen LogP contribution in [0.2, 0.25) is 0 Å². The lowest BCUT2D eigenvalue weighted by Gasteiger charge is -2.06. The highest BCUT2D eigenvalue weighted by molar-refractivity contribution is 6.18. The van der Waals surface area contributed by atoms with E-state index in [0.29, 0.717) is 19.0 Å². The van der Waals surface area contributed by atoms with Gasteiger partial charge >= 0.3 is 0 Å². The van der Waals surface area contributed by atoms with Crippen LogP contribution in [-0.2, 0) is 11.3 Å². The van der Waals surface area contributed by atoms with E-state index in [1.54, 1.807) is 7.11 Å². The van der Waals surface area contributed by atoms with Gasteiger partial charge in [-0.25, -0.2) is 0 Å². The van der Waals surface area contributed by atoms with Crippen LogP contribution in [0.25, 0.3) is 0 Å². The van der Waals surface area contributed by atoms with Gasteiger partial charge in [0.25, 0.3) is 5.91 Å². The number of rotatable bonds is 7. The molecule has 0 aromatic heterocycles. The molecule has 1 aromatic rings. The molecule has 6 heteroatoms. The molecule has 0 aliphatic carbocycles. The second-order valence-corrected chi connectivity index (χ2v) is 4.22. The summed E-state index contributed by atoms with van der Waals surface area (Å²) in [5, 5.41) is 14.3. The van der Waals surface area contributed by atoms with Gasteiger partial charge in [-0.1, -0.05) is 12.1 Å². The number of amides is 1. The fraction of sp³-hybridized carbons (Fsp3) is 0.286. The summed E-state index contributed by atoms with van der Waals surface area (Å²) < 4.78 is 5.05. The Labute approximate surface area is 123 Å². The maximum Gasteiger partial charge on any atom is 0.263 e. The lowest BCUT2D eigenvalue weighted by atomic mass is 10.2. The summed E-state index contributed by atoms with van der Waals surface area (Å²) in [5.41, 5.74) is 0.939. The first-order valence-electron chi connectivity index (χ1n) is 6.02. The molecule has 0 saturated heterocycles. The smallest absolute Gasteiger partial charge is 0.263 e. The molecule has 1 rings (SSSR count). The minimum Gasteiger partial charge on any atom is -0.497 e. The molecule has 1 aromatic carbocycles. The quantitative estimate of drug-likeness (QED) is 0.346. The Balaban J connectivity index is 2.52. The number of nitriles is 1. The highest BCUT2D eigenvalue weighted by Gasteiger charge is 2.08. The number of carbonyl (C=O) groups is 1. The van der Waals surface area contributed by atoms with Gasteiger partial charge in [0.1, 0.15) is 17.4 Å². The van der Waals surface area contributed by atoms with Crippen molar-refractivity contribution in [3.63, 3.8) is 0 Å². The molecule has 0 aliphatic heterocycles. The van der Waals surface area contributed by atoms with Crippen molar-refractivity contribution in [2.75, 3.05) is 19.5 Å².